The zero-order valence-corrected chi connectivity index (χ0v) is 22.0. The lowest BCUT2D eigenvalue weighted by molar-refractivity contribution is 0.638. The molecule has 0 aliphatic heterocycles. The van der Waals surface area contributed by atoms with Crippen molar-refractivity contribution in [2.24, 2.45) is 17.3 Å². The van der Waals surface area contributed by atoms with Crippen molar-refractivity contribution in [3.63, 3.8) is 0 Å². The lowest BCUT2D eigenvalue weighted by Gasteiger charge is -2.34. The Morgan fingerprint density at radius 2 is 0.886 bits per heavy atom. The standard InChI is InChI=1S/C35H36/c1-21(2)29-19-27-15-23-11-7-9-13-25(23)17-31(27)33(29)35(5,6)34-30(22(3)4)20-28-16-24-12-8-10-14-26(24)18-32(28)34/h7-18,21-22H,19-20H2,1-6H3. The van der Waals surface area contributed by atoms with Crippen LogP contribution in [0.25, 0.3) is 32.7 Å². The molecule has 0 nitrogen and oxygen atoms in total. The fraction of sp³-hybridized carbons (Fsp3) is 0.314. The average molecular weight is 457 g/mol. The maximum atomic E-state index is 2.50. The van der Waals surface area contributed by atoms with Gasteiger partial charge in [-0.25, -0.2) is 0 Å². The number of allylic oxidation sites excluding steroid dienone is 4. The minimum atomic E-state index is -0.0688. The van der Waals surface area contributed by atoms with Gasteiger partial charge < -0.3 is 0 Å². The van der Waals surface area contributed by atoms with Gasteiger partial charge in [0, 0.05) is 5.41 Å². The summed E-state index contributed by atoms with van der Waals surface area (Å²) in [7, 11) is 0. The molecular weight excluding hydrogens is 420 g/mol. The smallest absolute Gasteiger partial charge is 0.0158 e. The Hall–Kier alpha value is -3.12. The van der Waals surface area contributed by atoms with Gasteiger partial charge in [0.05, 0.1) is 0 Å². The van der Waals surface area contributed by atoms with Crippen LogP contribution in [0.3, 0.4) is 0 Å². The Kier molecular flexibility index (Phi) is 5.08. The number of hydrogen-bond acceptors (Lipinski definition) is 0. The molecule has 0 saturated carbocycles. The first kappa shape index (κ1) is 22.4. The molecule has 176 valence electrons. The highest BCUT2D eigenvalue weighted by Gasteiger charge is 2.41. The Morgan fingerprint density at radius 3 is 1.23 bits per heavy atom. The topological polar surface area (TPSA) is 0 Å². The molecule has 0 fully saturated rings. The first-order chi connectivity index (χ1) is 16.8. The van der Waals surface area contributed by atoms with Crippen LogP contribution in [-0.2, 0) is 12.8 Å². The van der Waals surface area contributed by atoms with E-state index in [1.54, 1.807) is 22.3 Å². The zero-order valence-electron chi connectivity index (χ0n) is 22.0. The minimum absolute atomic E-state index is 0.0688. The normalized spacial score (nSPS) is 15.8. The summed E-state index contributed by atoms with van der Waals surface area (Å²) in [4.78, 5) is 0. The highest BCUT2D eigenvalue weighted by Crippen LogP contribution is 2.57. The van der Waals surface area contributed by atoms with E-state index < -0.39 is 0 Å². The van der Waals surface area contributed by atoms with Crippen LogP contribution in [0.1, 0.15) is 63.8 Å². The predicted octanol–water partition coefficient (Wildman–Crippen LogP) is 9.65. The fourth-order valence-corrected chi connectivity index (χ4v) is 6.85. The molecule has 0 amide bonds. The van der Waals surface area contributed by atoms with E-state index in [0.29, 0.717) is 11.8 Å². The molecule has 6 rings (SSSR count). The van der Waals surface area contributed by atoms with Crippen molar-refractivity contribution in [1.82, 2.24) is 0 Å². The molecule has 0 radical (unpaired) electrons. The number of hydrogen-bond donors (Lipinski definition) is 0. The monoisotopic (exact) mass is 456 g/mol. The predicted molar refractivity (Wildman–Crippen MR) is 153 cm³/mol. The van der Waals surface area contributed by atoms with Crippen molar-refractivity contribution in [2.45, 2.75) is 54.4 Å². The van der Waals surface area contributed by atoms with Crippen LogP contribution in [0, 0.1) is 17.3 Å². The molecule has 0 heteroatoms. The van der Waals surface area contributed by atoms with Gasteiger partial charge in [0.2, 0.25) is 0 Å². The second-order valence-electron chi connectivity index (χ2n) is 11.8. The van der Waals surface area contributed by atoms with Gasteiger partial charge in [0.1, 0.15) is 0 Å². The van der Waals surface area contributed by atoms with Crippen molar-refractivity contribution in [2.75, 3.05) is 0 Å². The summed E-state index contributed by atoms with van der Waals surface area (Å²) < 4.78 is 0. The molecular formula is C35H36. The minimum Gasteiger partial charge on any atom is -0.0616 e. The maximum Gasteiger partial charge on any atom is 0.0158 e. The Bertz CT molecular complexity index is 1430. The van der Waals surface area contributed by atoms with Gasteiger partial charge in [0.15, 0.2) is 0 Å². The third kappa shape index (κ3) is 3.41. The molecule has 0 unspecified atom stereocenters. The van der Waals surface area contributed by atoms with Gasteiger partial charge in [-0.1, -0.05) is 113 Å². The summed E-state index contributed by atoms with van der Waals surface area (Å²) in [6, 6.07) is 27.5. The molecule has 0 saturated heterocycles. The molecule has 0 bridgehead atoms. The second-order valence-corrected chi connectivity index (χ2v) is 11.8. The largest absolute Gasteiger partial charge is 0.0616 e. The third-order valence-corrected chi connectivity index (χ3v) is 8.53. The first-order valence-corrected chi connectivity index (χ1v) is 13.3. The van der Waals surface area contributed by atoms with Gasteiger partial charge in [0.25, 0.3) is 0 Å². The highest BCUT2D eigenvalue weighted by molar-refractivity contribution is 5.99. The van der Waals surface area contributed by atoms with Crippen molar-refractivity contribution in [3.05, 3.63) is 106 Å². The van der Waals surface area contributed by atoms with E-state index in [0.717, 1.165) is 12.8 Å². The van der Waals surface area contributed by atoms with Crippen LogP contribution in [0.2, 0.25) is 0 Å². The van der Waals surface area contributed by atoms with E-state index in [4.69, 9.17) is 0 Å². The van der Waals surface area contributed by atoms with E-state index >= 15 is 0 Å². The first-order valence-electron chi connectivity index (χ1n) is 13.3. The number of rotatable bonds is 4. The molecule has 4 aromatic rings. The average Bonchev–Trinajstić information content (AvgIpc) is 3.40. The lowest BCUT2D eigenvalue weighted by Crippen LogP contribution is -2.19. The molecule has 4 aromatic carbocycles. The summed E-state index contributed by atoms with van der Waals surface area (Å²) in [6.45, 7) is 14.5. The molecule has 0 spiro atoms. The summed E-state index contributed by atoms with van der Waals surface area (Å²) in [5, 5.41) is 5.40. The molecule has 0 atom stereocenters. The molecule has 2 aliphatic rings. The number of fused-ring (bicyclic) bond motifs is 4. The molecule has 0 N–H and O–H groups in total. The maximum absolute atomic E-state index is 2.50. The van der Waals surface area contributed by atoms with Crippen LogP contribution < -0.4 is 0 Å². The van der Waals surface area contributed by atoms with Crippen LogP contribution >= 0.6 is 0 Å². The molecule has 0 aromatic heterocycles. The van der Waals surface area contributed by atoms with Gasteiger partial charge >= 0.3 is 0 Å². The van der Waals surface area contributed by atoms with Gasteiger partial charge in [-0.05, 0) is 91.8 Å². The fourth-order valence-electron chi connectivity index (χ4n) is 6.85. The van der Waals surface area contributed by atoms with Crippen molar-refractivity contribution >= 4 is 32.7 Å². The van der Waals surface area contributed by atoms with E-state index in [2.05, 4.69) is 114 Å². The molecule has 2 aliphatic carbocycles. The Labute approximate surface area is 210 Å². The van der Waals surface area contributed by atoms with E-state index in [9.17, 15) is 0 Å². The SMILES string of the molecule is CC(C)C1=C(C(C)(C)C2=C(C(C)C)Cc3cc4ccccc4cc32)c2cc3ccccc3cc2C1. The Morgan fingerprint density at radius 1 is 0.543 bits per heavy atom. The summed E-state index contributed by atoms with van der Waals surface area (Å²) in [5.74, 6) is 1.06. The van der Waals surface area contributed by atoms with Crippen LogP contribution in [0.4, 0.5) is 0 Å². The molecule has 0 heterocycles. The van der Waals surface area contributed by atoms with Crippen LogP contribution in [-0.4, -0.2) is 0 Å². The third-order valence-electron chi connectivity index (χ3n) is 8.53. The van der Waals surface area contributed by atoms with Crippen molar-refractivity contribution < 1.29 is 0 Å². The highest BCUT2D eigenvalue weighted by atomic mass is 14.4. The molecule has 35 heavy (non-hydrogen) atoms. The lowest BCUT2D eigenvalue weighted by atomic mass is 9.69. The van der Waals surface area contributed by atoms with Gasteiger partial charge in [-0.15, -0.1) is 0 Å². The summed E-state index contributed by atoms with van der Waals surface area (Å²) in [5.41, 5.74) is 12.3. The van der Waals surface area contributed by atoms with Crippen molar-refractivity contribution in [3.8, 4) is 0 Å². The van der Waals surface area contributed by atoms with Gasteiger partial charge in [-0.2, -0.15) is 0 Å². The Balaban J connectivity index is 1.61. The van der Waals surface area contributed by atoms with E-state index in [-0.39, 0.29) is 5.41 Å². The quantitative estimate of drug-likeness (QED) is 0.287. The van der Waals surface area contributed by atoms with Crippen LogP contribution in [0.5, 0.6) is 0 Å². The number of benzene rings is 4. The van der Waals surface area contributed by atoms with Crippen LogP contribution in [0.15, 0.2) is 83.9 Å². The summed E-state index contributed by atoms with van der Waals surface area (Å²) >= 11 is 0. The van der Waals surface area contributed by atoms with Gasteiger partial charge in [-0.3, -0.25) is 0 Å². The zero-order chi connectivity index (χ0) is 24.5. The summed E-state index contributed by atoms with van der Waals surface area (Å²) in [6.07, 6.45) is 2.15. The van der Waals surface area contributed by atoms with E-state index in [1.807, 2.05) is 0 Å². The van der Waals surface area contributed by atoms with Crippen molar-refractivity contribution in [1.29, 1.82) is 0 Å². The van der Waals surface area contributed by atoms with E-state index in [1.165, 1.54) is 43.8 Å². The second kappa shape index (κ2) is 7.95.